The van der Waals surface area contributed by atoms with Gasteiger partial charge >= 0.3 is 0 Å². The number of nitrogens with zero attached hydrogens (tertiary/aromatic N) is 2. The smallest absolute Gasteiger partial charge is 0.194 e. The third-order valence-corrected chi connectivity index (χ3v) is 4.01. The van der Waals surface area contributed by atoms with Crippen molar-refractivity contribution in [1.29, 1.82) is 0 Å². The number of imidazole rings is 1. The molecule has 0 saturated carbocycles. The van der Waals surface area contributed by atoms with Crippen molar-refractivity contribution in [2.45, 2.75) is 20.4 Å². The SMILES string of the molecule is Cc1nc2scc(C)n2c1CNc1ccccc1. The molecule has 0 aliphatic heterocycles. The Bertz CT molecular complexity index is 667. The van der Waals surface area contributed by atoms with E-state index in [1.54, 1.807) is 11.3 Å². The Kier molecular flexibility index (Phi) is 2.80. The fourth-order valence-corrected chi connectivity index (χ4v) is 3.05. The fraction of sp³-hybridized carbons (Fsp3) is 0.214. The molecule has 0 unspecified atom stereocenters. The maximum absolute atomic E-state index is 4.59. The second kappa shape index (κ2) is 4.46. The lowest BCUT2D eigenvalue weighted by atomic mass is 10.3. The Morgan fingerprint density at radius 2 is 2.00 bits per heavy atom. The Balaban J connectivity index is 1.90. The van der Waals surface area contributed by atoms with E-state index in [2.05, 4.69) is 46.1 Å². The predicted molar refractivity (Wildman–Crippen MR) is 76.3 cm³/mol. The van der Waals surface area contributed by atoms with Crippen molar-refractivity contribution >= 4 is 22.0 Å². The summed E-state index contributed by atoms with van der Waals surface area (Å²) in [5.74, 6) is 0. The van der Waals surface area contributed by atoms with E-state index < -0.39 is 0 Å². The lowest BCUT2D eigenvalue weighted by molar-refractivity contribution is 0.966. The van der Waals surface area contributed by atoms with Crippen LogP contribution in [0.25, 0.3) is 4.96 Å². The van der Waals surface area contributed by atoms with Crippen LogP contribution >= 0.6 is 11.3 Å². The summed E-state index contributed by atoms with van der Waals surface area (Å²) in [6.07, 6.45) is 0. The number of anilines is 1. The van der Waals surface area contributed by atoms with Gasteiger partial charge in [0.05, 0.1) is 17.9 Å². The summed E-state index contributed by atoms with van der Waals surface area (Å²) in [4.78, 5) is 5.67. The van der Waals surface area contributed by atoms with Crippen molar-refractivity contribution in [1.82, 2.24) is 9.38 Å². The quantitative estimate of drug-likeness (QED) is 0.776. The van der Waals surface area contributed by atoms with Gasteiger partial charge in [0.15, 0.2) is 4.96 Å². The number of benzene rings is 1. The number of thiazole rings is 1. The van der Waals surface area contributed by atoms with Crippen LogP contribution in [0.15, 0.2) is 35.7 Å². The highest BCUT2D eigenvalue weighted by atomic mass is 32.1. The van der Waals surface area contributed by atoms with E-state index in [9.17, 15) is 0 Å². The van der Waals surface area contributed by atoms with Gasteiger partial charge in [0.25, 0.3) is 0 Å². The first kappa shape index (κ1) is 11.3. The van der Waals surface area contributed by atoms with Gasteiger partial charge in [0.2, 0.25) is 0 Å². The van der Waals surface area contributed by atoms with Crippen LogP contribution in [0.2, 0.25) is 0 Å². The lowest BCUT2D eigenvalue weighted by Gasteiger charge is -2.07. The molecule has 0 spiro atoms. The topological polar surface area (TPSA) is 29.3 Å². The van der Waals surface area contributed by atoms with Gasteiger partial charge in [0, 0.05) is 16.8 Å². The molecular formula is C14H15N3S. The molecule has 1 N–H and O–H groups in total. The van der Waals surface area contributed by atoms with Crippen LogP contribution in [-0.4, -0.2) is 9.38 Å². The molecule has 3 rings (SSSR count). The molecule has 3 nitrogen and oxygen atoms in total. The first-order valence-corrected chi connectivity index (χ1v) is 6.84. The summed E-state index contributed by atoms with van der Waals surface area (Å²) >= 11 is 1.69. The number of aromatic nitrogens is 2. The highest BCUT2D eigenvalue weighted by molar-refractivity contribution is 7.15. The van der Waals surface area contributed by atoms with Gasteiger partial charge in [-0.1, -0.05) is 18.2 Å². The number of hydrogen-bond acceptors (Lipinski definition) is 3. The van der Waals surface area contributed by atoms with Gasteiger partial charge in [-0.15, -0.1) is 11.3 Å². The van der Waals surface area contributed by atoms with E-state index in [0.29, 0.717) is 0 Å². The minimum absolute atomic E-state index is 0.800. The highest BCUT2D eigenvalue weighted by Crippen LogP contribution is 2.21. The Morgan fingerprint density at radius 1 is 1.22 bits per heavy atom. The molecule has 92 valence electrons. The average Bonchev–Trinajstić information content (AvgIpc) is 2.88. The minimum atomic E-state index is 0.800. The molecule has 0 radical (unpaired) electrons. The molecular weight excluding hydrogens is 242 g/mol. The molecule has 0 atom stereocenters. The molecule has 0 saturated heterocycles. The zero-order chi connectivity index (χ0) is 12.5. The van der Waals surface area contributed by atoms with Gasteiger partial charge < -0.3 is 5.32 Å². The Hall–Kier alpha value is -1.81. The van der Waals surface area contributed by atoms with Gasteiger partial charge in [0.1, 0.15) is 0 Å². The van der Waals surface area contributed by atoms with Crippen LogP contribution in [0, 0.1) is 13.8 Å². The van der Waals surface area contributed by atoms with Crippen LogP contribution < -0.4 is 5.32 Å². The van der Waals surface area contributed by atoms with Gasteiger partial charge in [-0.2, -0.15) is 0 Å². The van der Waals surface area contributed by atoms with Crippen LogP contribution in [-0.2, 0) is 6.54 Å². The fourth-order valence-electron chi connectivity index (χ4n) is 2.12. The standard InChI is InChI=1S/C14H15N3S/c1-10-9-18-14-16-11(2)13(17(10)14)8-15-12-6-4-3-5-7-12/h3-7,9,15H,8H2,1-2H3. The van der Waals surface area contributed by atoms with Crippen molar-refractivity contribution < 1.29 is 0 Å². The summed E-state index contributed by atoms with van der Waals surface area (Å²) in [7, 11) is 0. The molecule has 3 aromatic rings. The predicted octanol–water partition coefficient (Wildman–Crippen LogP) is 3.62. The van der Waals surface area contributed by atoms with Crippen molar-refractivity contribution in [2.75, 3.05) is 5.32 Å². The second-order valence-corrected chi connectivity index (χ2v) is 5.20. The summed E-state index contributed by atoms with van der Waals surface area (Å²) in [6, 6.07) is 10.3. The Labute approximate surface area is 110 Å². The maximum atomic E-state index is 4.59. The first-order chi connectivity index (χ1) is 8.75. The number of hydrogen-bond donors (Lipinski definition) is 1. The number of aryl methyl sites for hydroxylation is 2. The third kappa shape index (κ3) is 1.88. The molecule has 0 bridgehead atoms. The number of nitrogens with one attached hydrogen (secondary N) is 1. The Morgan fingerprint density at radius 3 is 2.78 bits per heavy atom. The maximum Gasteiger partial charge on any atom is 0.194 e. The molecule has 0 aliphatic rings. The van der Waals surface area contributed by atoms with Crippen LogP contribution in [0.5, 0.6) is 0 Å². The summed E-state index contributed by atoms with van der Waals surface area (Å²) < 4.78 is 2.23. The van der Waals surface area contributed by atoms with Gasteiger partial charge in [-0.05, 0) is 26.0 Å². The van der Waals surface area contributed by atoms with Crippen LogP contribution in [0.1, 0.15) is 17.1 Å². The molecule has 4 heteroatoms. The van der Waals surface area contributed by atoms with E-state index in [0.717, 1.165) is 22.9 Å². The van der Waals surface area contributed by atoms with E-state index >= 15 is 0 Å². The summed E-state index contributed by atoms with van der Waals surface area (Å²) in [5, 5.41) is 5.59. The monoisotopic (exact) mass is 257 g/mol. The van der Waals surface area contributed by atoms with E-state index in [1.165, 1.54) is 11.4 Å². The molecule has 0 aliphatic carbocycles. The van der Waals surface area contributed by atoms with Gasteiger partial charge in [-0.3, -0.25) is 4.40 Å². The molecule has 0 fully saturated rings. The minimum Gasteiger partial charge on any atom is -0.379 e. The first-order valence-electron chi connectivity index (χ1n) is 5.96. The van der Waals surface area contributed by atoms with Crippen LogP contribution in [0.3, 0.4) is 0 Å². The summed E-state index contributed by atoms with van der Waals surface area (Å²) in [5.41, 5.74) is 4.74. The lowest BCUT2D eigenvalue weighted by Crippen LogP contribution is -2.04. The number of para-hydroxylation sites is 1. The van der Waals surface area contributed by atoms with Gasteiger partial charge in [-0.25, -0.2) is 4.98 Å². The van der Waals surface area contributed by atoms with E-state index in [-0.39, 0.29) is 0 Å². The third-order valence-electron chi connectivity index (χ3n) is 3.06. The highest BCUT2D eigenvalue weighted by Gasteiger charge is 2.11. The zero-order valence-electron chi connectivity index (χ0n) is 10.5. The van der Waals surface area contributed by atoms with Crippen molar-refractivity contribution in [3.8, 4) is 0 Å². The average molecular weight is 257 g/mol. The van der Waals surface area contributed by atoms with E-state index in [4.69, 9.17) is 0 Å². The van der Waals surface area contributed by atoms with Crippen molar-refractivity contribution in [3.05, 3.63) is 52.8 Å². The molecule has 2 heterocycles. The van der Waals surface area contributed by atoms with Crippen molar-refractivity contribution in [2.24, 2.45) is 0 Å². The number of rotatable bonds is 3. The molecule has 18 heavy (non-hydrogen) atoms. The normalized spacial score (nSPS) is 11.0. The molecule has 1 aromatic carbocycles. The largest absolute Gasteiger partial charge is 0.379 e. The summed E-state index contributed by atoms with van der Waals surface area (Å²) in [6.45, 7) is 4.99. The van der Waals surface area contributed by atoms with E-state index in [1.807, 2.05) is 18.2 Å². The molecule has 2 aromatic heterocycles. The molecule has 0 amide bonds. The number of fused-ring (bicyclic) bond motifs is 1. The van der Waals surface area contributed by atoms with Crippen LogP contribution in [0.4, 0.5) is 5.69 Å². The second-order valence-electron chi connectivity index (χ2n) is 4.36. The zero-order valence-corrected chi connectivity index (χ0v) is 11.3. The van der Waals surface area contributed by atoms with Crippen molar-refractivity contribution in [3.63, 3.8) is 0 Å².